The zero-order valence-corrected chi connectivity index (χ0v) is 11.9. The van der Waals surface area contributed by atoms with Crippen molar-refractivity contribution in [2.24, 2.45) is 0 Å². The molecule has 1 saturated heterocycles. The van der Waals surface area contributed by atoms with Crippen LogP contribution in [0.2, 0.25) is 10.0 Å². The second-order valence-corrected chi connectivity index (χ2v) is 6.68. The Balaban J connectivity index is 2.25. The molecular formula is C11H14Cl2N2O2S. The molecular weight excluding hydrogens is 295 g/mol. The van der Waals surface area contributed by atoms with Gasteiger partial charge < -0.3 is 5.32 Å². The summed E-state index contributed by atoms with van der Waals surface area (Å²) in [6.07, 6.45) is 1.76. The van der Waals surface area contributed by atoms with Crippen LogP contribution in [0.1, 0.15) is 12.8 Å². The molecule has 1 aromatic carbocycles. The van der Waals surface area contributed by atoms with Gasteiger partial charge in [-0.1, -0.05) is 29.3 Å². The van der Waals surface area contributed by atoms with Crippen molar-refractivity contribution in [3.8, 4) is 0 Å². The van der Waals surface area contributed by atoms with Crippen molar-refractivity contribution >= 4 is 33.2 Å². The molecule has 0 saturated carbocycles. The summed E-state index contributed by atoms with van der Waals surface area (Å²) in [7, 11) is -3.68. The molecule has 0 amide bonds. The Bertz CT molecular complexity index is 508. The quantitative estimate of drug-likeness (QED) is 0.898. The molecule has 18 heavy (non-hydrogen) atoms. The highest BCUT2D eigenvalue weighted by molar-refractivity contribution is 7.89. The first-order valence-electron chi connectivity index (χ1n) is 5.68. The summed E-state index contributed by atoms with van der Waals surface area (Å²) in [6.45, 7) is 1.55. The minimum Gasteiger partial charge on any atom is -0.315 e. The molecule has 0 spiro atoms. The normalized spacial score (nSPS) is 20.9. The summed E-state index contributed by atoms with van der Waals surface area (Å²) in [5.74, 6) is 0. The van der Waals surface area contributed by atoms with Gasteiger partial charge in [0.05, 0.1) is 10.0 Å². The van der Waals surface area contributed by atoms with Crippen LogP contribution in [-0.4, -0.2) is 27.5 Å². The van der Waals surface area contributed by atoms with Crippen LogP contribution < -0.4 is 10.0 Å². The third-order valence-corrected chi connectivity index (χ3v) is 5.28. The van der Waals surface area contributed by atoms with Crippen LogP contribution in [0.25, 0.3) is 0 Å². The van der Waals surface area contributed by atoms with Crippen molar-refractivity contribution in [3.63, 3.8) is 0 Å². The maximum Gasteiger partial charge on any atom is 0.243 e. The fourth-order valence-corrected chi connectivity index (χ4v) is 4.38. The van der Waals surface area contributed by atoms with Crippen LogP contribution in [0.3, 0.4) is 0 Å². The number of sulfonamides is 1. The van der Waals surface area contributed by atoms with Gasteiger partial charge in [0.15, 0.2) is 0 Å². The van der Waals surface area contributed by atoms with E-state index in [9.17, 15) is 8.42 Å². The van der Waals surface area contributed by atoms with Gasteiger partial charge in [-0.15, -0.1) is 0 Å². The first-order chi connectivity index (χ1) is 8.50. The predicted molar refractivity (Wildman–Crippen MR) is 72.7 cm³/mol. The maximum atomic E-state index is 12.2. The van der Waals surface area contributed by atoms with Gasteiger partial charge in [0, 0.05) is 12.6 Å². The average molecular weight is 309 g/mol. The van der Waals surface area contributed by atoms with Crippen molar-refractivity contribution in [2.45, 2.75) is 23.8 Å². The third-order valence-electron chi connectivity index (χ3n) is 2.81. The minimum atomic E-state index is -3.68. The lowest BCUT2D eigenvalue weighted by molar-refractivity contribution is 0.428. The standard InChI is InChI=1S/C11H14Cl2N2O2S/c12-9-4-1-5-10(13)11(9)18(16,17)15-8-3-2-6-14-7-8/h1,4-5,8,14-15H,2-3,6-7H2. The van der Waals surface area contributed by atoms with Crippen LogP contribution in [0.5, 0.6) is 0 Å². The van der Waals surface area contributed by atoms with Crippen molar-refractivity contribution in [3.05, 3.63) is 28.2 Å². The number of hydrogen-bond acceptors (Lipinski definition) is 3. The molecule has 2 N–H and O–H groups in total. The van der Waals surface area contributed by atoms with Crippen LogP contribution in [-0.2, 0) is 10.0 Å². The highest BCUT2D eigenvalue weighted by Gasteiger charge is 2.25. The Morgan fingerprint density at radius 1 is 1.28 bits per heavy atom. The molecule has 4 nitrogen and oxygen atoms in total. The predicted octanol–water partition coefficient (Wildman–Crippen LogP) is 2.02. The molecule has 2 rings (SSSR count). The highest BCUT2D eigenvalue weighted by atomic mass is 35.5. The van der Waals surface area contributed by atoms with Gasteiger partial charge in [-0.05, 0) is 31.5 Å². The summed E-state index contributed by atoms with van der Waals surface area (Å²) in [5.41, 5.74) is 0. The molecule has 1 aliphatic rings. The van der Waals surface area contributed by atoms with Gasteiger partial charge in [0.1, 0.15) is 4.90 Å². The van der Waals surface area contributed by atoms with Gasteiger partial charge in [-0.2, -0.15) is 0 Å². The summed E-state index contributed by atoms with van der Waals surface area (Å²) in [6, 6.07) is 4.53. The lowest BCUT2D eigenvalue weighted by Gasteiger charge is -2.24. The second-order valence-electron chi connectivity index (χ2n) is 4.22. The monoisotopic (exact) mass is 308 g/mol. The molecule has 0 radical (unpaired) electrons. The zero-order chi connectivity index (χ0) is 13.2. The second kappa shape index (κ2) is 5.75. The van der Waals surface area contributed by atoms with Gasteiger partial charge >= 0.3 is 0 Å². The smallest absolute Gasteiger partial charge is 0.243 e. The van der Waals surface area contributed by atoms with E-state index in [1.807, 2.05) is 0 Å². The number of hydrogen-bond donors (Lipinski definition) is 2. The molecule has 0 aromatic heterocycles. The molecule has 1 heterocycles. The Hall–Kier alpha value is -0.330. The molecule has 1 aliphatic heterocycles. The highest BCUT2D eigenvalue weighted by Crippen LogP contribution is 2.29. The fraction of sp³-hybridized carbons (Fsp3) is 0.455. The van der Waals surface area contributed by atoms with Gasteiger partial charge in [-0.3, -0.25) is 0 Å². The van der Waals surface area contributed by atoms with Crippen LogP contribution in [0.4, 0.5) is 0 Å². The fourth-order valence-electron chi connectivity index (χ4n) is 1.97. The van der Waals surface area contributed by atoms with E-state index in [1.165, 1.54) is 12.1 Å². The van der Waals surface area contributed by atoms with E-state index in [4.69, 9.17) is 23.2 Å². The lowest BCUT2D eigenvalue weighted by Crippen LogP contribution is -2.45. The van der Waals surface area contributed by atoms with E-state index >= 15 is 0 Å². The van der Waals surface area contributed by atoms with E-state index in [-0.39, 0.29) is 21.0 Å². The largest absolute Gasteiger partial charge is 0.315 e. The number of piperidine rings is 1. The van der Waals surface area contributed by atoms with Crippen molar-refractivity contribution in [1.82, 2.24) is 10.0 Å². The Labute approximate surface area is 117 Å². The summed E-state index contributed by atoms with van der Waals surface area (Å²) in [5, 5.41) is 3.42. The lowest BCUT2D eigenvalue weighted by atomic mass is 10.1. The van der Waals surface area contributed by atoms with Crippen molar-refractivity contribution in [2.75, 3.05) is 13.1 Å². The Morgan fingerprint density at radius 2 is 1.94 bits per heavy atom. The van der Waals surface area contributed by atoms with Crippen LogP contribution in [0, 0.1) is 0 Å². The molecule has 1 atom stereocenters. The first-order valence-corrected chi connectivity index (χ1v) is 7.91. The number of halogens is 2. The van der Waals surface area contributed by atoms with Crippen molar-refractivity contribution in [1.29, 1.82) is 0 Å². The van der Waals surface area contributed by atoms with E-state index in [0.717, 1.165) is 19.4 Å². The van der Waals surface area contributed by atoms with E-state index in [2.05, 4.69) is 10.0 Å². The van der Waals surface area contributed by atoms with E-state index in [0.29, 0.717) is 6.54 Å². The Kier molecular flexibility index (Phi) is 4.50. The van der Waals surface area contributed by atoms with Crippen LogP contribution in [0.15, 0.2) is 23.1 Å². The van der Waals surface area contributed by atoms with Gasteiger partial charge in [-0.25, -0.2) is 13.1 Å². The zero-order valence-electron chi connectivity index (χ0n) is 9.62. The number of benzene rings is 1. The molecule has 1 aromatic rings. The molecule has 0 bridgehead atoms. The summed E-state index contributed by atoms with van der Waals surface area (Å²) in [4.78, 5) is -0.0427. The van der Waals surface area contributed by atoms with Crippen molar-refractivity contribution < 1.29 is 8.42 Å². The molecule has 0 aliphatic carbocycles. The number of rotatable bonds is 3. The summed E-state index contributed by atoms with van der Waals surface area (Å²) >= 11 is 11.8. The van der Waals surface area contributed by atoms with Gasteiger partial charge in [0.25, 0.3) is 0 Å². The van der Waals surface area contributed by atoms with E-state index in [1.54, 1.807) is 6.07 Å². The third kappa shape index (κ3) is 3.16. The molecule has 7 heteroatoms. The average Bonchev–Trinajstić information content (AvgIpc) is 2.28. The molecule has 1 unspecified atom stereocenters. The van der Waals surface area contributed by atoms with Gasteiger partial charge in [0.2, 0.25) is 10.0 Å². The topological polar surface area (TPSA) is 58.2 Å². The maximum absolute atomic E-state index is 12.2. The SMILES string of the molecule is O=S(=O)(NC1CCCNC1)c1c(Cl)cccc1Cl. The van der Waals surface area contributed by atoms with Crippen LogP contribution >= 0.6 is 23.2 Å². The number of nitrogens with one attached hydrogen (secondary N) is 2. The first kappa shape index (κ1) is 14.1. The Morgan fingerprint density at radius 3 is 2.50 bits per heavy atom. The molecule has 100 valence electrons. The molecule has 1 fully saturated rings. The minimum absolute atomic E-state index is 0.0427. The van der Waals surface area contributed by atoms with E-state index < -0.39 is 10.0 Å². The summed E-state index contributed by atoms with van der Waals surface area (Å²) < 4.78 is 27.1.